The van der Waals surface area contributed by atoms with Crippen molar-refractivity contribution in [1.29, 1.82) is 0 Å². The summed E-state index contributed by atoms with van der Waals surface area (Å²) in [6.07, 6.45) is 0. The van der Waals surface area contributed by atoms with E-state index in [4.69, 9.17) is 5.73 Å². The summed E-state index contributed by atoms with van der Waals surface area (Å²) in [4.78, 5) is 1.42. The highest BCUT2D eigenvalue weighted by molar-refractivity contribution is 7.89. The highest BCUT2D eigenvalue weighted by Gasteiger charge is 2.23. The summed E-state index contributed by atoms with van der Waals surface area (Å²) < 4.78 is 50.2. The average molecular weight is 265 g/mol. The van der Waals surface area contributed by atoms with E-state index in [-0.39, 0.29) is 0 Å². The molecule has 1 aromatic rings. The van der Waals surface area contributed by atoms with Crippen molar-refractivity contribution in [3.8, 4) is 0 Å². The van der Waals surface area contributed by atoms with Gasteiger partial charge in [0, 0.05) is 26.2 Å². The molecule has 1 rings (SSSR count). The molecule has 17 heavy (non-hydrogen) atoms. The first-order chi connectivity index (χ1) is 7.79. The first kappa shape index (κ1) is 14.0. The summed E-state index contributed by atoms with van der Waals surface area (Å²) in [6.45, 7) is -0.414. The van der Waals surface area contributed by atoms with E-state index >= 15 is 0 Å². The van der Waals surface area contributed by atoms with Gasteiger partial charge in [0.05, 0.1) is 0 Å². The Bertz CT molecular complexity index is 517. The van der Waals surface area contributed by atoms with Crippen LogP contribution < -0.4 is 10.6 Å². The number of nitrogens with zero attached hydrogens (tertiary/aromatic N) is 1. The number of benzene rings is 1. The molecule has 0 aromatic heterocycles. The summed E-state index contributed by atoms with van der Waals surface area (Å²) >= 11 is 0. The van der Waals surface area contributed by atoms with Crippen molar-refractivity contribution in [2.75, 3.05) is 14.1 Å². The van der Waals surface area contributed by atoms with Gasteiger partial charge in [-0.1, -0.05) is 0 Å². The molecule has 0 spiro atoms. The normalized spacial score (nSPS) is 12.1. The Morgan fingerprint density at radius 2 is 1.94 bits per heavy atom. The highest BCUT2D eigenvalue weighted by atomic mass is 32.2. The third kappa shape index (κ3) is 2.97. The topological polar surface area (TPSA) is 75.4 Å². The molecule has 0 heterocycles. The van der Waals surface area contributed by atoms with Crippen LogP contribution in [0.5, 0.6) is 0 Å². The van der Waals surface area contributed by atoms with Gasteiger partial charge in [0.15, 0.2) is 5.82 Å². The highest BCUT2D eigenvalue weighted by Crippen LogP contribution is 2.20. The summed E-state index contributed by atoms with van der Waals surface area (Å²) in [5, 5.41) is 1.14. The van der Waals surface area contributed by atoms with Crippen molar-refractivity contribution in [2.24, 2.45) is 5.73 Å². The van der Waals surface area contributed by atoms with Gasteiger partial charge in [-0.15, -0.1) is 4.83 Å². The number of nitrogens with two attached hydrogens (primary N) is 1. The van der Waals surface area contributed by atoms with Gasteiger partial charge in [-0.25, -0.2) is 22.2 Å². The van der Waals surface area contributed by atoms with E-state index in [0.29, 0.717) is 0 Å². The van der Waals surface area contributed by atoms with Crippen LogP contribution >= 0.6 is 0 Å². The predicted octanol–water partition coefficient (Wildman–Crippen LogP) is 0.178. The Kier molecular flexibility index (Phi) is 4.15. The van der Waals surface area contributed by atoms with Crippen molar-refractivity contribution in [1.82, 2.24) is 9.84 Å². The second-order valence-electron chi connectivity index (χ2n) is 3.53. The number of hydrogen-bond donors (Lipinski definition) is 2. The van der Waals surface area contributed by atoms with E-state index in [0.717, 1.165) is 17.1 Å². The molecule has 0 saturated carbocycles. The van der Waals surface area contributed by atoms with Gasteiger partial charge in [0.2, 0.25) is 0 Å². The molecule has 0 unspecified atom stereocenters. The van der Waals surface area contributed by atoms with Gasteiger partial charge in [0.1, 0.15) is 10.7 Å². The summed E-state index contributed by atoms with van der Waals surface area (Å²) in [6, 6.07) is 1.73. The summed E-state index contributed by atoms with van der Waals surface area (Å²) in [5.74, 6) is -2.03. The van der Waals surface area contributed by atoms with E-state index in [9.17, 15) is 17.2 Å². The fourth-order valence-electron chi connectivity index (χ4n) is 1.26. The first-order valence-corrected chi connectivity index (χ1v) is 6.14. The number of nitrogens with one attached hydrogen (secondary N) is 1. The monoisotopic (exact) mass is 265 g/mol. The van der Waals surface area contributed by atoms with Crippen LogP contribution in [0.25, 0.3) is 0 Å². The Hall–Kier alpha value is -1.09. The number of sulfonamides is 1. The summed E-state index contributed by atoms with van der Waals surface area (Å²) in [7, 11) is -1.19. The lowest BCUT2D eigenvalue weighted by Crippen LogP contribution is -2.36. The molecule has 3 N–H and O–H groups in total. The molecule has 0 bridgehead atoms. The quantitative estimate of drug-likeness (QED) is 0.761. The number of hydrazine groups is 1. The van der Waals surface area contributed by atoms with Crippen LogP contribution in [0.15, 0.2) is 17.0 Å². The Balaban J connectivity index is 3.34. The van der Waals surface area contributed by atoms with Gasteiger partial charge < -0.3 is 5.73 Å². The number of hydrogen-bond acceptors (Lipinski definition) is 4. The van der Waals surface area contributed by atoms with E-state index in [1.54, 1.807) is 0 Å². The maximum Gasteiger partial charge on any atom is 0.256 e. The zero-order valence-electron chi connectivity index (χ0n) is 9.37. The van der Waals surface area contributed by atoms with Crippen LogP contribution in [0.1, 0.15) is 5.56 Å². The van der Waals surface area contributed by atoms with E-state index in [1.165, 1.54) is 14.1 Å². The van der Waals surface area contributed by atoms with Crippen LogP contribution in [0.2, 0.25) is 0 Å². The van der Waals surface area contributed by atoms with Crippen LogP contribution in [0.3, 0.4) is 0 Å². The van der Waals surface area contributed by atoms with Gasteiger partial charge >= 0.3 is 0 Å². The van der Waals surface area contributed by atoms with E-state index in [2.05, 4.69) is 0 Å². The van der Waals surface area contributed by atoms with E-state index < -0.39 is 38.7 Å². The number of rotatable bonds is 4. The molecule has 0 saturated heterocycles. The molecule has 8 heteroatoms. The molecule has 0 aliphatic heterocycles. The fraction of sp³-hybridized carbons (Fsp3) is 0.333. The lowest BCUT2D eigenvalue weighted by atomic mass is 10.2. The zero-order valence-corrected chi connectivity index (χ0v) is 10.2. The molecule has 0 aliphatic carbocycles. The Morgan fingerprint density at radius 3 is 2.41 bits per heavy atom. The van der Waals surface area contributed by atoms with Crippen molar-refractivity contribution >= 4 is 10.0 Å². The third-order valence-corrected chi connectivity index (χ3v) is 3.45. The van der Waals surface area contributed by atoms with E-state index in [1.807, 2.05) is 4.83 Å². The molecule has 0 radical (unpaired) electrons. The largest absolute Gasteiger partial charge is 0.326 e. The SMILES string of the molecule is CN(C)NS(=O)(=O)c1ccc(F)c(CN)c1F. The predicted molar refractivity (Wildman–Crippen MR) is 58.3 cm³/mol. The first-order valence-electron chi connectivity index (χ1n) is 4.66. The van der Waals surface area contributed by atoms with Crippen molar-refractivity contribution in [2.45, 2.75) is 11.4 Å². The second kappa shape index (κ2) is 5.05. The molecular formula is C9H13F2N3O2S. The van der Waals surface area contributed by atoms with Crippen LogP contribution in [0, 0.1) is 11.6 Å². The standard InChI is InChI=1S/C9H13F2N3O2S/c1-14(2)13-17(15,16)8-4-3-7(10)6(5-12)9(8)11/h3-4,13H,5,12H2,1-2H3. The van der Waals surface area contributed by atoms with Crippen LogP contribution in [0.4, 0.5) is 8.78 Å². The molecule has 5 nitrogen and oxygen atoms in total. The van der Waals surface area contributed by atoms with Crippen LogP contribution in [-0.2, 0) is 16.6 Å². The Labute approximate surface area is 98.2 Å². The van der Waals surface area contributed by atoms with Gasteiger partial charge in [0.25, 0.3) is 10.0 Å². The fourth-order valence-corrected chi connectivity index (χ4v) is 2.45. The molecule has 96 valence electrons. The maximum absolute atomic E-state index is 13.7. The molecule has 1 aromatic carbocycles. The zero-order chi connectivity index (χ0) is 13.2. The lowest BCUT2D eigenvalue weighted by molar-refractivity contribution is 0.362. The smallest absolute Gasteiger partial charge is 0.256 e. The van der Waals surface area contributed by atoms with Crippen molar-refractivity contribution in [3.05, 3.63) is 29.3 Å². The second-order valence-corrected chi connectivity index (χ2v) is 5.16. The van der Waals surface area contributed by atoms with Crippen molar-refractivity contribution in [3.63, 3.8) is 0 Å². The maximum atomic E-state index is 13.7. The molecular weight excluding hydrogens is 252 g/mol. The molecule has 0 amide bonds. The number of halogens is 2. The molecule has 0 atom stereocenters. The molecule has 0 fully saturated rings. The van der Waals surface area contributed by atoms with Gasteiger partial charge in [-0.05, 0) is 12.1 Å². The van der Waals surface area contributed by atoms with Gasteiger partial charge in [-0.2, -0.15) is 0 Å². The Morgan fingerprint density at radius 1 is 1.35 bits per heavy atom. The van der Waals surface area contributed by atoms with Crippen LogP contribution in [-0.4, -0.2) is 27.5 Å². The lowest BCUT2D eigenvalue weighted by Gasteiger charge is -2.14. The van der Waals surface area contributed by atoms with Gasteiger partial charge in [-0.3, -0.25) is 0 Å². The average Bonchev–Trinajstić information content (AvgIpc) is 2.15. The minimum Gasteiger partial charge on any atom is -0.326 e. The summed E-state index contributed by atoms with van der Waals surface area (Å²) in [5.41, 5.74) is 4.71. The third-order valence-electron chi connectivity index (χ3n) is 1.95. The minimum absolute atomic E-state index is 0.414. The van der Waals surface area contributed by atoms with Crippen molar-refractivity contribution < 1.29 is 17.2 Å². The molecule has 0 aliphatic rings. The minimum atomic E-state index is -4.06.